The Morgan fingerprint density at radius 1 is 0.577 bits per heavy atom. The molecule has 0 aliphatic carbocycles. The maximum atomic E-state index is 5.71. The van der Waals surface area contributed by atoms with Crippen LogP contribution < -0.4 is 0 Å². The maximum Gasteiger partial charge on any atom is 0.0841 e. The Kier molecular flexibility index (Phi) is 3.08. The van der Waals surface area contributed by atoms with E-state index in [9.17, 15) is 0 Å². The van der Waals surface area contributed by atoms with E-state index in [0.717, 1.165) is 22.1 Å². The van der Waals surface area contributed by atoms with E-state index in [4.69, 9.17) is 12.8 Å². The lowest BCUT2D eigenvalue weighted by atomic mass is 10.1. The van der Waals surface area contributed by atoms with Crippen molar-refractivity contribution in [2.45, 2.75) is 13.1 Å². The molecule has 0 N–H and O–H groups in total. The van der Waals surface area contributed by atoms with Gasteiger partial charge in [-0.2, -0.15) is 0 Å². The number of benzene rings is 3. The van der Waals surface area contributed by atoms with Crippen LogP contribution in [0.1, 0.15) is 0 Å². The minimum atomic E-state index is 0.528. The van der Waals surface area contributed by atoms with Crippen LogP contribution in [0.4, 0.5) is 0 Å². The van der Waals surface area contributed by atoms with Crippen molar-refractivity contribution < 1.29 is 0 Å². The second-order valence-corrected chi connectivity index (χ2v) is 6.47. The van der Waals surface area contributed by atoms with E-state index >= 15 is 0 Å². The topological polar surface area (TPSA) is 9.86 Å². The van der Waals surface area contributed by atoms with Crippen molar-refractivity contribution in [3.8, 4) is 24.7 Å². The van der Waals surface area contributed by atoms with Crippen LogP contribution in [0.15, 0.2) is 60.7 Å². The summed E-state index contributed by atoms with van der Waals surface area (Å²) in [4.78, 5) is 0. The predicted octanol–water partition coefficient (Wildman–Crippen LogP) is 5.17. The molecule has 2 heteroatoms. The number of nitrogens with zero attached hydrogens (tertiary/aromatic N) is 2. The molecular formula is C24H16N2. The SMILES string of the molecule is C#CCn1c2ccccc2c2ccc3c4ccccc4n(CC#C)c3c21. The van der Waals surface area contributed by atoms with E-state index in [1.807, 2.05) is 0 Å². The molecule has 0 bridgehead atoms. The van der Waals surface area contributed by atoms with Gasteiger partial charge in [-0.05, 0) is 12.1 Å². The van der Waals surface area contributed by atoms with Gasteiger partial charge in [-0.15, -0.1) is 12.8 Å². The number of fused-ring (bicyclic) bond motifs is 7. The van der Waals surface area contributed by atoms with Gasteiger partial charge in [0.05, 0.1) is 35.2 Å². The van der Waals surface area contributed by atoms with E-state index < -0.39 is 0 Å². The lowest BCUT2D eigenvalue weighted by Crippen LogP contribution is -2.00. The first kappa shape index (κ1) is 14.7. The zero-order valence-electron chi connectivity index (χ0n) is 14.2. The smallest absolute Gasteiger partial charge is 0.0841 e. The van der Waals surface area contributed by atoms with E-state index in [1.165, 1.54) is 21.5 Å². The van der Waals surface area contributed by atoms with Gasteiger partial charge in [0.25, 0.3) is 0 Å². The summed E-state index contributed by atoms with van der Waals surface area (Å²) in [6, 6.07) is 21.3. The van der Waals surface area contributed by atoms with Crippen LogP contribution in [0.2, 0.25) is 0 Å². The summed E-state index contributed by atoms with van der Waals surface area (Å²) < 4.78 is 4.47. The van der Waals surface area contributed by atoms with Crippen LogP contribution in [0.3, 0.4) is 0 Å². The fourth-order valence-electron chi connectivity index (χ4n) is 4.19. The minimum absolute atomic E-state index is 0.528. The Hall–Kier alpha value is -3.62. The van der Waals surface area contributed by atoms with Gasteiger partial charge in [-0.3, -0.25) is 0 Å². The molecule has 0 aliphatic rings. The quantitative estimate of drug-likeness (QED) is 0.395. The number of aromatic nitrogens is 2. The largest absolute Gasteiger partial charge is 0.327 e. The second-order valence-electron chi connectivity index (χ2n) is 6.47. The first-order valence-electron chi connectivity index (χ1n) is 8.63. The van der Waals surface area contributed by atoms with Gasteiger partial charge >= 0.3 is 0 Å². The van der Waals surface area contributed by atoms with Crippen molar-refractivity contribution in [1.29, 1.82) is 0 Å². The monoisotopic (exact) mass is 332 g/mol. The lowest BCUT2D eigenvalue weighted by molar-refractivity contribution is 0.900. The fourth-order valence-corrected chi connectivity index (χ4v) is 4.19. The molecule has 26 heavy (non-hydrogen) atoms. The van der Waals surface area contributed by atoms with Crippen molar-refractivity contribution in [2.75, 3.05) is 0 Å². The van der Waals surface area contributed by atoms with Crippen molar-refractivity contribution in [1.82, 2.24) is 9.13 Å². The number of terminal acetylenes is 2. The molecule has 122 valence electrons. The fraction of sp³-hybridized carbons (Fsp3) is 0.0833. The highest BCUT2D eigenvalue weighted by molar-refractivity contribution is 6.22. The second kappa shape index (κ2) is 5.45. The van der Waals surface area contributed by atoms with Crippen molar-refractivity contribution in [3.63, 3.8) is 0 Å². The van der Waals surface area contributed by atoms with E-state index in [0.29, 0.717) is 13.1 Å². The van der Waals surface area contributed by atoms with Crippen LogP contribution in [0.25, 0.3) is 43.6 Å². The molecule has 0 radical (unpaired) electrons. The third kappa shape index (κ3) is 1.79. The standard InChI is InChI=1S/C24H16N2/c1-3-15-25-21-11-7-5-9-17(21)19-13-14-20-18-10-6-8-12-22(18)26(16-4-2)24(20)23(19)25/h1-2,5-14H,15-16H2. The summed E-state index contributed by atoms with van der Waals surface area (Å²) in [7, 11) is 0. The molecule has 0 saturated heterocycles. The van der Waals surface area contributed by atoms with Crippen LogP contribution in [0, 0.1) is 24.7 Å². The molecule has 0 atom stereocenters. The number of para-hydroxylation sites is 2. The van der Waals surface area contributed by atoms with Gasteiger partial charge in [0.2, 0.25) is 0 Å². The molecule has 5 aromatic rings. The molecule has 3 aromatic carbocycles. The summed E-state index contributed by atoms with van der Waals surface area (Å²) in [5.41, 5.74) is 4.64. The summed E-state index contributed by atoms with van der Waals surface area (Å²) in [6.07, 6.45) is 11.4. The molecule has 0 spiro atoms. The molecule has 2 aromatic heterocycles. The van der Waals surface area contributed by atoms with Gasteiger partial charge in [0, 0.05) is 21.5 Å². The van der Waals surface area contributed by atoms with Gasteiger partial charge in [0.1, 0.15) is 0 Å². The normalized spacial score (nSPS) is 11.3. The molecular weight excluding hydrogens is 316 g/mol. The molecule has 5 rings (SSSR count). The summed E-state index contributed by atoms with van der Waals surface area (Å²) >= 11 is 0. The predicted molar refractivity (Wildman–Crippen MR) is 110 cm³/mol. The zero-order chi connectivity index (χ0) is 17.7. The highest BCUT2D eigenvalue weighted by Crippen LogP contribution is 2.38. The highest BCUT2D eigenvalue weighted by Gasteiger charge is 2.18. The van der Waals surface area contributed by atoms with Crippen LogP contribution in [-0.4, -0.2) is 9.13 Å². The number of hydrogen-bond donors (Lipinski definition) is 0. The summed E-state index contributed by atoms with van der Waals surface area (Å²) in [5.74, 6) is 5.64. The van der Waals surface area contributed by atoms with E-state index in [-0.39, 0.29) is 0 Å². The molecule has 2 heterocycles. The number of rotatable bonds is 2. The van der Waals surface area contributed by atoms with E-state index in [1.54, 1.807) is 0 Å². The first-order valence-corrected chi connectivity index (χ1v) is 8.63. The van der Waals surface area contributed by atoms with Crippen LogP contribution >= 0.6 is 0 Å². The Morgan fingerprint density at radius 3 is 1.42 bits per heavy atom. The Balaban J connectivity index is 2.12. The maximum absolute atomic E-state index is 5.71. The third-order valence-corrected chi connectivity index (χ3v) is 5.16. The van der Waals surface area contributed by atoms with Gasteiger partial charge in [-0.25, -0.2) is 0 Å². The molecule has 0 amide bonds. The first-order chi connectivity index (χ1) is 12.8. The lowest BCUT2D eigenvalue weighted by Gasteiger charge is -2.08. The highest BCUT2D eigenvalue weighted by atomic mass is 15.0. The van der Waals surface area contributed by atoms with E-state index in [2.05, 4.69) is 81.6 Å². The van der Waals surface area contributed by atoms with Crippen LogP contribution in [-0.2, 0) is 13.1 Å². The van der Waals surface area contributed by atoms with Crippen molar-refractivity contribution >= 4 is 43.6 Å². The van der Waals surface area contributed by atoms with Crippen molar-refractivity contribution in [3.05, 3.63) is 60.7 Å². The average Bonchev–Trinajstić information content (AvgIpc) is 3.17. The molecule has 0 fully saturated rings. The van der Waals surface area contributed by atoms with Gasteiger partial charge in [0.15, 0.2) is 0 Å². The third-order valence-electron chi connectivity index (χ3n) is 5.16. The molecule has 0 unspecified atom stereocenters. The Labute approximate surface area is 151 Å². The summed E-state index contributed by atoms with van der Waals surface area (Å²) in [6.45, 7) is 1.06. The molecule has 0 aliphatic heterocycles. The Morgan fingerprint density at radius 2 is 1.00 bits per heavy atom. The number of hydrogen-bond acceptors (Lipinski definition) is 0. The Bertz CT molecular complexity index is 1290. The zero-order valence-corrected chi connectivity index (χ0v) is 14.2. The van der Waals surface area contributed by atoms with Gasteiger partial charge in [-0.1, -0.05) is 60.4 Å². The van der Waals surface area contributed by atoms with Gasteiger partial charge < -0.3 is 9.13 Å². The average molecular weight is 332 g/mol. The molecule has 2 nitrogen and oxygen atoms in total. The van der Waals surface area contributed by atoms with Crippen LogP contribution in [0.5, 0.6) is 0 Å². The molecule has 0 saturated carbocycles. The minimum Gasteiger partial charge on any atom is -0.327 e. The van der Waals surface area contributed by atoms with Crippen molar-refractivity contribution in [2.24, 2.45) is 0 Å². The summed E-state index contributed by atoms with van der Waals surface area (Å²) in [5, 5.41) is 4.86.